The molecule has 4 nitrogen and oxygen atoms in total. The molecule has 15 heavy (non-hydrogen) atoms. The van der Waals surface area contributed by atoms with E-state index in [1.807, 2.05) is 6.92 Å². The molecule has 0 radical (unpaired) electrons. The van der Waals surface area contributed by atoms with Gasteiger partial charge in [0.2, 0.25) is 0 Å². The Kier molecular flexibility index (Phi) is 3.03. The third-order valence-electron chi connectivity index (χ3n) is 3.72. The van der Waals surface area contributed by atoms with E-state index in [1.165, 1.54) is 0 Å². The van der Waals surface area contributed by atoms with Gasteiger partial charge in [0.1, 0.15) is 0 Å². The van der Waals surface area contributed by atoms with E-state index in [2.05, 4.69) is 0 Å². The van der Waals surface area contributed by atoms with E-state index in [1.54, 1.807) is 14.0 Å². The summed E-state index contributed by atoms with van der Waals surface area (Å²) in [5.41, 5.74) is 0. The van der Waals surface area contributed by atoms with Gasteiger partial charge in [-0.1, -0.05) is 0 Å². The number of rotatable bonds is 2. The molecule has 0 aromatic carbocycles. The second-order valence-corrected chi connectivity index (χ2v) is 4.70. The van der Waals surface area contributed by atoms with Gasteiger partial charge in [0, 0.05) is 19.4 Å². The summed E-state index contributed by atoms with van der Waals surface area (Å²) in [7, 11) is 1.66. The van der Waals surface area contributed by atoms with Crippen LogP contribution < -0.4 is 0 Å². The second-order valence-electron chi connectivity index (χ2n) is 4.70. The van der Waals surface area contributed by atoms with Crippen LogP contribution in [0.4, 0.5) is 0 Å². The predicted molar refractivity (Wildman–Crippen MR) is 54.1 cm³/mol. The first-order chi connectivity index (χ1) is 7.04. The Labute approximate surface area is 90.5 Å². The Morgan fingerprint density at radius 3 is 2.67 bits per heavy atom. The van der Waals surface area contributed by atoms with Gasteiger partial charge < -0.3 is 19.3 Å². The molecule has 0 amide bonds. The molecule has 0 spiro atoms. The lowest BCUT2D eigenvalue weighted by molar-refractivity contribution is -0.191. The Hall–Kier alpha value is -0.160. The number of hydrogen-bond acceptors (Lipinski definition) is 4. The first-order valence-corrected chi connectivity index (χ1v) is 5.59. The SMILES string of the molecule is CO[C@H]1C[C@H]([C@@H]2CCO[C@]2(C)O)[C@@H](C)O1. The van der Waals surface area contributed by atoms with Gasteiger partial charge >= 0.3 is 0 Å². The minimum absolute atomic E-state index is 0.124. The first kappa shape index (κ1) is 11.3. The Bertz CT molecular complexity index is 229. The topological polar surface area (TPSA) is 47.9 Å². The quantitative estimate of drug-likeness (QED) is 0.751. The minimum atomic E-state index is -0.995. The van der Waals surface area contributed by atoms with Crippen LogP contribution in [0.25, 0.3) is 0 Å². The Balaban J connectivity index is 2.05. The molecule has 2 heterocycles. The molecule has 1 N–H and O–H groups in total. The van der Waals surface area contributed by atoms with Crippen LogP contribution in [0.1, 0.15) is 26.7 Å². The normalized spacial score (nSPS) is 51.2. The van der Waals surface area contributed by atoms with Crippen molar-refractivity contribution >= 4 is 0 Å². The zero-order valence-corrected chi connectivity index (χ0v) is 9.60. The van der Waals surface area contributed by atoms with Crippen molar-refractivity contribution in [2.75, 3.05) is 13.7 Å². The van der Waals surface area contributed by atoms with Gasteiger partial charge in [-0.05, 0) is 26.2 Å². The van der Waals surface area contributed by atoms with Crippen molar-refractivity contribution in [1.82, 2.24) is 0 Å². The molecule has 88 valence electrons. The molecule has 5 atom stereocenters. The molecule has 4 heteroatoms. The smallest absolute Gasteiger partial charge is 0.165 e. The average molecular weight is 216 g/mol. The summed E-state index contributed by atoms with van der Waals surface area (Å²) >= 11 is 0. The molecule has 0 unspecified atom stereocenters. The molecular weight excluding hydrogens is 196 g/mol. The summed E-state index contributed by atoms with van der Waals surface area (Å²) < 4.78 is 16.2. The first-order valence-electron chi connectivity index (χ1n) is 5.59. The van der Waals surface area contributed by atoms with Gasteiger partial charge in [0.05, 0.1) is 12.7 Å². The van der Waals surface area contributed by atoms with Gasteiger partial charge in [-0.25, -0.2) is 0 Å². The third kappa shape index (κ3) is 2.04. The van der Waals surface area contributed by atoms with E-state index in [0.29, 0.717) is 12.5 Å². The van der Waals surface area contributed by atoms with E-state index in [0.717, 1.165) is 12.8 Å². The molecule has 0 aliphatic carbocycles. The van der Waals surface area contributed by atoms with Crippen molar-refractivity contribution in [2.24, 2.45) is 11.8 Å². The summed E-state index contributed by atoms with van der Waals surface area (Å²) in [4.78, 5) is 0. The summed E-state index contributed by atoms with van der Waals surface area (Å²) in [5.74, 6) is -0.509. The highest BCUT2D eigenvalue weighted by molar-refractivity contribution is 4.90. The number of ether oxygens (including phenoxy) is 3. The van der Waals surface area contributed by atoms with Crippen LogP contribution in [0.2, 0.25) is 0 Å². The fraction of sp³-hybridized carbons (Fsp3) is 1.00. The van der Waals surface area contributed by atoms with E-state index >= 15 is 0 Å². The second kappa shape index (κ2) is 4.01. The maximum absolute atomic E-state index is 10.1. The molecule has 0 bridgehead atoms. The summed E-state index contributed by atoms with van der Waals surface area (Å²) in [6.07, 6.45) is 1.76. The van der Waals surface area contributed by atoms with Crippen LogP contribution >= 0.6 is 0 Å². The molecule has 0 saturated carbocycles. The molecule has 0 aromatic heterocycles. The van der Waals surface area contributed by atoms with Gasteiger partial charge in [0.25, 0.3) is 0 Å². The minimum Gasteiger partial charge on any atom is -0.365 e. The number of methoxy groups -OCH3 is 1. The largest absolute Gasteiger partial charge is 0.365 e. The van der Waals surface area contributed by atoms with E-state index in [9.17, 15) is 5.11 Å². The van der Waals surface area contributed by atoms with Crippen LogP contribution in [0.15, 0.2) is 0 Å². The molecule has 2 aliphatic rings. The number of aliphatic hydroxyl groups is 1. The lowest BCUT2D eigenvalue weighted by atomic mass is 9.81. The van der Waals surface area contributed by atoms with Crippen LogP contribution in [-0.4, -0.2) is 37.0 Å². The molecular formula is C11H20O4. The van der Waals surface area contributed by atoms with Crippen molar-refractivity contribution in [2.45, 2.75) is 44.9 Å². The van der Waals surface area contributed by atoms with E-state index in [-0.39, 0.29) is 18.3 Å². The standard InChI is InChI=1S/C11H20O4/c1-7-8(6-10(13-3)15-7)9-4-5-14-11(9,2)12/h7-10,12H,4-6H2,1-3H3/t7-,8+,9+,10-,11+/m1/s1. The zero-order chi connectivity index (χ0) is 11.1. The van der Waals surface area contributed by atoms with Gasteiger partial charge in [-0.2, -0.15) is 0 Å². The summed E-state index contributed by atoms with van der Waals surface area (Å²) in [6, 6.07) is 0. The highest BCUT2D eigenvalue weighted by Gasteiger charge is 2.48. The number of hydrogen-bond donors (Lipinski definition) is 1. The van der Waals surface area contributed by atoms with Gasteiger partial charge in [-0.3, -0.25) is 0 Å². The lowest BCUT2D eigenvalue weighted by Gasteiger charge is -2.30. The average Bonchev–Trinajstić information content (AvgIpc) is 2.68. The summed E-state index contributed by atoms with van der Waals surface area (Å²) in [6.45, 7) is 4.42. The van der Waals surface area contributed by atoms with E-state index < -0.39 is 5.79 Å². The maximum atomic E-state index is 10.1. The fourth-order valence-electron chi connectivity index (χ4n) is 2.83. The van der Waals surface area contributed by atoms with Crippen molar-refractivity contribution < 1.29 is 19.3 Å². The molecule has 2 fully saturated rings. The molecule has 0 aromatic rings. The highest BCUT2D eigenvalue weighted by Crippen LogP contribution is 2.43. The van der Waals surface area contributed by atoms with Crippen LogP contribution in [-0.2, 0) is 14.2 Å². The van der Waals surface area contributed by atoms with Crippen molar-refractivity contribution in [3.05, 3.63) is 0 Å². The predicted octanol–water partition coefficient (Wildman–Crippen LogP) is 1.13. The lowest BCUT2D eigenvalue weighted by Crippen LogP contribution is -2.38. The van der Waals surface area contributed by atoms with Gasteiger partial charge in [-0.15, -0.1) is 0 Å². The monoisotopic (exact) mass is 216 g/mol. The van der Waals surface area contributed by atoms with E-state index in [4.69, 9.17) is 14.2 Å². The highest BCUT2D eigenvalue weighted by atomic mass is 16.7. The summed E-state index contributed by atoms with van der Waals surface area (Å²) in [5, 5.41) is 10.1. The zero-order valence-electron chi connectivity index (χ0n) is 9.60. The van der Waals surface area contributed by atoms with Crippen molar-refractivity contribution in [3.8, 4) is 0 Å². The van der Waals surface area contributed by atoms with Crippen LogP contribution in [0.3, 0.4) is 0 Å². The molecule has 2 rings (SSSR count). The maximum Gasteiger partial charge on any atom is 0.165 e. The Morgan fingerprint density at radius 1 is 1.47 bits per heavy atom. The molecule has 2 saturated heterocycles. The van der Waals surface area contributed by atoms with Crippen LogP contribution in [0.5, 0.6) is 0 Å². The third-order valence-corrected chi connectivity index (χ3v) is 3.72. The van der Waals surface area contributed by atoms with Crippen molar-refractivity contribution in [3.63, 3.8) is 0 Å². The van der Waals surface area contributed by atoms with Crippen molar-refractivity contribution in [1.29, 1.82) is 0 Å². The van der Waals surface area contributed by atoms with Crippen LogP contribution in [0, 0.1) is 11.8 Å². The fourth-order valence-corrected chi connectivity index (χ4v) is 2.83. The van der Waals surface area contributed by atoms with Gasteiger partial charge in [0.15, 0.2) is 12.1 Å². The molecule has 2 aliphatic heterocycles. The Morgan fingerprint density at radius 2 is 2.20 bits per heavy atom.